The van der Waals surface area contributed by atoms with Crippen LogP contribution in [0.3, 0.4) is 0 Å². The summed E-state index contributed by atoms with van der Waals surface area (Å²) >= 11 is 0. The van der Waals surface area contributed by atoms with Crippen molar-refractivity contribution in [3.05, 3.63) is 65.9 Å². The molecule has 23 heavy (non-hydrogen) atoms. The fourth-order valence-electron chi connectivity index (χ4n) is 2.38. The van der Waals surface area contributed by atoms with Crippen molar-refractivity contribution < 1.29 is 9.59 Å². The molecule has 0 radical (unpaired) electrons. The van der Waals surface area contributed by atoms with Crippen LogP contribution in [0.5, 0.6) is 0 Å². The van der Waals surface area contributed by atoms with Crippen molar-refractivity contribution in [2.24, 2.45) is 0 Å². The van der Waals surface area contributed by atoms with Crippen molar-refractivity contribution in [1.82, 2.24) is 5.32 Å². The highest BCUT2D eigenvalue weighted by Gasteiger charge is 2.34. The molecule has 0 atom stereocenters. The van der Waals surface area contributed by atoms with Crippen LogP contribution in [-0.4, -0.2) is 26.0 Å². The number of hydrogen-bond donors (Lipinski definition) is 1. The molecule has 1 fully saturated rings. The monoisotopic (exact) mass is 307 g/mol. The van der Waals surface area contributed by atoms with Crippen LogP contribution in [0.15, 0.2) is 60.3 Å². The van der Waals surface area contributed by atoms with Gasteiger partial charge >= 0.3 is 6.03 Å². The van der Waals surface area contributed by atoms with Crippen LogP contribution >= 0.6 is 0 Å². The number of nitrogens with one attached hydrogen (secondary N) is 1. The number of para-hydroxylation sites is 1. The maximum atomic E-state index is 12.5. The molecule has 0 unspecified atom stereocenters. The van der Waals surface area contributed by atoms with Gasteiger partial charge in [0.15, 0.2) is 0 Å². The summed E-state index contributed by atoms with van der Waals surface area (Å²) in [7, 11) is 3.93. The van der Waals surface area contributed by atoms with E-state index in [9.17, 15) is 9.59 Å². The second kappa shape index (κ2) is 5.96. The molecule has 1 saturated heterocycles. The van der Waals surface area contributed by atoms with Gasteiger partial charge in [-0.2, -0.15) is 0 Å². The number of rotatable bonds is 3. The minimum absolute atomic E-state index is 0.274. The maximum absolute atomic E-state index is 12.5. The molecule has 0 aromatic heterocycles. The van der Waals surface area contributed by atoms with Gasteiger partial charge in [-0.05, 0) is 35.9 Å². The van der Waals surface area contributed by atoms with E-state index in [1.54, 1.807) is 30.3 Å². The smallest absolute Gasteiger partial charge is 0.333 e. The number of carbonyl (C=O) groups excluding carboxylic acids is 2. The zero-order chi connectivity index (χ0) is 16.4. The van der Waals surface area contributed by atoms with E-state index in [2.05, 4.69) is 5.32 Å². The Labute approximate surface area is 134 Å². The van der Waals surface area contributed by atoms with Gasteiger partial charge in [0.1, 0.15) is 5.70 Å². The normalized spacial score (nSPS) is 15.9. The fourth-order valence-corrected chi connectivity index (χ4v) is 2.38. The Bertz CT molecular complexity index is 765. The Morgan fingerprint density at radius 1 is 0.957 bits per heavy atom. The number of imide groups is 1. The van der Waals surface area contributed by atoms with Crippen molar-refractivity contribution in [3.63, 3.8) is 0 Å². The molecular formula is C18H17N3O2. The predicted octanol–water partition coefficient (Wildman–Crippen LogP) is 2.85. The molecular weight excluding hydrogens is 290 g/mol. The quantitative estimate of drug-likeness (QED) is 0.701. The SMILES string of the molecule is CN(C)c1ccc(C=C2NC(=O)N(c3ccccc3)C2=O)cc1. The van der Waals surface area contributed by atoms with E-state index >= 15 is 0 Å². The number of urea groups is 1. The molecule has 5 heteroatoms. The highest BCUT2D eigenvalue weighted by atomic mass is 16.2. The van der Waals surface area contributed by atoms with Crippen LogP contribution in [0.2, 0.25) is 0 Å². The van der Waals surface area contributed by atoms with Crippen molar-refractivity contribution in [1.29, 1.82) is 0 Å². The molecule has 1 N–H and O–H groups in total. The van der Waals surface area contributed by atoms with Crippen molar-refractivity contribution in [2.75, 3.05) is 23.9 Å². The third-order valence-electron chi connectivity index (χ3n) is 3.61. The average Bonchev–Trinajstić information content (AvgIpc) is 2.82. The number of anilines is 2. The second-order valence-corrected chi connectivity index (χ2v) is 5.45. The van der Waals surface area contributed by atoms with Gasteiger partial charge < -0.3 is 10.2 Å². The molecule has 0 saturated carbocycles. The fraction of sp³-hybridized carbons (Fsp3) is 0.111. The number of hydrogen-bond acceptors (Lipinski definition) is 3. The van der Waals surface area contributed by atoms with E-state index in [-0.39, 0.29) is 11.6 Å². The molecule has 3 rings (SSSR count). The Balaban J connectivity index is 1.87. The molecule has 116 valence electrons. The summed E-state index contributed by atoms with van der Waals surface area (Å²) in [6, 6.07) is 16.2. The first-order valence-electron chi connectivity index (χ1n) is 7.26. The van der Waals surface area contributed by atoms with Crippen LogP contribution in [0.4, 0.5) is 16.2 Å². The molecule has 1 aliphatic heterocycles. The molecule has 2 aromatic rings. The summed E-state index contributed by atoms with van der Waals surface area (Å²) in [4.78, 5) is 27.7. The Hall–Kier alpha value is -3.08. The molecule has 1 heterocycles. The van der Waals surface area contributed by atoms with Gasteiger partial charge in [-0.15, -0.1) is 0 Å². The molecule has 0 aliphatic carbocycles. The highest BCUT2D eigenvalue weighted by Crippen LogP contribution is 2.22. The first-order valence-corrected chi connectivity index (χ1v) is 7.26. The van der Waals surface area contributed by atoms with Crippen LogP contribution < -0.4 is 15.1 Å². The lowest BCUT2D eigenvalue weighted by Crippen LogP contribution is -2.30. The standard InChI is InChI=1S/C18H17N3O2/c1-20(2)14-10-8-13(9-11-14)12-16-17(22)21(18(23)19-16)15-6-4-3-5-7-15/h3-12H,1-2H3,(H,19,23). The minimum Gasteiger partial charge on any atom is -0.378 e. The zero-order valence-corrected chi connectivity index (χ0v) is 13.0. The number of amides is 3. The van der Waals surface area contributed by atoms with Crippen molar-refractivity contribution in [2.45, 2.75) is 0 Å². The topological polar surface area (TPSA) is 52.7 Å². The second-order valence-electron chi connectivity index (χ2n) is 5.45. The van der Waals surface area contributed by atoms with Crippen LogP contribution in [-0.2, 0) is 4.79 Å². The lowest BCUT2D eigenvalue weighted by atomic mass is 10.1. The molecule has 3 amide bonds. The largest absolute Gasteiger partial charge is 0.378 e. The Morgan fingerprint density at radius 3 is 2.22 bits per heavy atom. The summed E-state index contributed by atoms with van der Waals surface area (Å²) < 4.78 is 0. The lowest BCUT2D eigenvalue weighted by Gasteiger charge is -2.12. The third-order valence-corrected chi connectivity index (χ3v) is 3.61. The van der Waals surface area contributed by atoms with Crippen LogP contribution in [0, 0.1) is 0 Å². The minimum atomic E-state index is -0.433. The number of benzene rings is 2. The van der Waals surface area contributed by atoms with Gasteiger partial charge in [0.05, 0.1) is 5.69 Å². The average molecular weight is 307 g/mol. The summed E-state index contributed by atoms with van der Waals surface area (Å²) in [5.41, 5.74) is 2.76. The third kappa shape index (κ3) is 2.94. The molecule has 1 aliphatic rings. The van der Waals surface area contributed by atoms with E-state index in [1.165, 1.54) is 0 Å². The van der Waals surface area contributed by atoms with E-state index < -0.39 is 6.03 Å². The predicted molar refractivity (Wildman–Crippen MR) is 91.2 cm³/mol. The van der Waals surface area contributed by atoms with Crippen molar-refractivity contribution in [3.8, 4) is 0 Å². The summed E-state index contributed by atoms with van der Waals surface area (Å²) in [5, 5.41) is 2.63. The molecule has 0 bridgehead atoms. The Kier molecular flexibility index (Phi) is 3.85. The summed E-state index contributed by atoms with van der Waals surface area (Å²) in [5.74, 6) is -0.349. The molecule has 2 aromatic carbocycles. The van der Waals surface area contributed by atoms with E-state index in [4.69, 9.17) is 0 Å². The van der Waals surface area contributed by atoms with Gasteiger partial charge in [0, 0.05) is 19.8 Å². The molecule has 0 spiro atoms. The summed E-state index contributed by atoms with van der Waals surface area (Å²) in [6.07, 6.45) is 1.68. The molecule has 5 nitrogen and oxygen atoms in total. The van der Waals surface area contributed by atoms with Crippen LogP contribution in [0.1, 0.15) is 5.56 Å². The van der Waals surface area contributed by atoms with Gasteiger partial charge in [0.25, 0.3) is 5.91 Å². The number of carbonyl (C=O) groups is 2. The van der Waals surface area contributed by atoms with Crippen molar-refractivity contribution >= 4 is 29.4 Å². The first kappa shape index (κ1) is 14.8. The van der Waals surface area contributed by atoms with E-state index in [0.29, 0.717) is 5.69 Å². The van der Waals surface area contributed by atoms with Gasteiger partial charge in [0.2, 0.25) is 0 Å². The van der Waals surface area contributed by atoms with E-state index in [0.717, 1.165) is 16.2 Å². The Morgan fingerprint density at radius 2 is 1.61 bits per heavy atom. The zero-order valence-electron chi connectivity index (χ0n) is 13.0. The number of nitrogens with zero attached hydrogens (tertiary/aromatic N) is 2. The van der Waals surface area contributed by atoms with Gasteiger partial charge in [-0.25, -0.2) is 9.69 Å². The highest BCUT2D eigenvalue weighted by molar-refractivity contribution is 6.28. The van der Waals surface area contributed by atoms with Crippen LogP contribution in [0.25, 0.3) is 6.08 Å². The first-order chi connectivity index (χ1) is 11.1. The van der Waals surface area contributed by atoms with Gasteiger partial charge in [-0.1, -0.05) is 30.3 Å². The van der Waals surface area contributed by atoms with E-state index in [1.807, 2.05) is 49.3 Å². The lowest BCUT2D eigenvalue weighted by molar-refractivity contribution is -0.113. The maximum Gasteiger partial charge on any atom is 0.333 e. The summed E-state index contributed by atoms with van der Waals surface area (Å²) in [6.45, 7) is 0. The van der Waals surface area contributed by atoms with Gasteiger partial charge in [-0.3, -0.25) is 4.79 Å².